The Bertz CT molecular complexity index is 320. The van der Waals surface area contributed by atoms with Gasteiger partial charge in [0.1, 0.15) is 5.82 Å². The monoisotopic (exact) mass is 270 g/mol. The molecule has 1 aliphatic rings. The van der Waals surface area contributed by atoms with E-state index in [1.165, 1.54) is 24.8 Å². The van der Waals surface area contributed by atoms with E-state index in [1.54, 1.807) is 12.1 Å². The molecule has 1 saturated carbocycles. The van der Waals surface area contributed by atoms with Crippen molar-refractivity contribution in [2.45, 2.75) is 31.0 Å². The topological polar surface area (TPSA) is 0 Å². The Morgan fingerprint density at radius 2 is 1.93 bits per heavy atom. The van der Waals surface area contributed by atoms with Gasteiger partial charge < -0.3 is 0 Å². The van der Waals surface area contributed by atoms with Gasteiger partial charge in [0, 0.05) is 4.83 Å². The molecule has 1 aromatic carbocycles. The van der Waals surface area contributed by atoms with E-state index in [0.29, 0.717) is 10.7 Å². The first-order valence-corrected chi connectivity index (χ1v) is 6.49. The van der Waals surface area contributed by atoms with Gasteiger partial charge in [-0.2, -0.15) is 0 Å². The van der Waals surface area contributed by atoms with Crippen LogP contribution in [0.25, 0.3) is 0 Å². The Kier molecular flexibility index (Phi) is 3.45. The zero-order valence-corrected chi connectivity index (χ0v) is 10.5. The Labute approximate surface area is 99.0 Å². The van der Waals surface area contributed by atoms with E-state index in [-0.39, 0.29) is 5.82 Å². The van der Waals surface area contributed by atoms with Crippen molar-refractivity contribution in [3.8, 4) is 0 Å². The standard InChI is InChI=1S/C13H16BrF/c1-9-3-2-4-12(9)13(14)10-5-7-11(15)8-6-10/h5-9,12-13H,2-4H2,1H3. The first-order valence-electron chi connectivity index (χ1n) is 5.58. The van der Waals surface area contributed by atoms with E-state index >= 15 is 0 Å². The van der Waals surface area contributed by atoms with Crippen LogP contribution in [0.2, 0.25) is 0 Å². The van der Waals surface area contributed by atoms with Gasteiger partial charge in [0.05, 0.1) is 0 Å². The van der Waals surface area contributed by atoms with Crippen LogP contribution in [-0.4, -0.2) is 0 Å². The fraction of sp³-hybridized carbons (Fsp3) is 0.538. The predicted molar refractivity (Wildman–Crippen MR) is 64.6 cm³/mol. The zero-order chi connectivity index (χ0) is 10.8. The summed E-state index contributed by atoms with van der Waals surface area (Å²) in [6.45, 7) is 2.31. The molecule has 3 unspecified atom stereocenters. The molecule has 0 heterocycles. The molecular formula is C13H16BrF. The molecular weight excluding hydrogens is 255 g/mol. The molecule has 0 N–H and O–H groups in total. The van der Waals surface area contributed by atoms with Crippen molar-refractivity contribution in [3.05, 3.63) is 35.6 Å². The quantitative estimate of drug-likeness (QED) is 0.684. The van der Waals surface area contributed by atoms with Crippen molar-refractivity contribution in [2.75, 3.05) is 0 Å². The summed E-state index contributed by atoms with van der Waals surface area (Å²) in [7, 11) is 0. The molecule has 0 radical (unpaired) electrons. The van der Waals surface area contributed by atoms with Gasteiger partial charge in [-0.05, 0) is 36.0 Å². The third kappa shape index (κ3) is 2.41. The van der Waals surface area contributed by atoms with Crippen LogP contribution in [0, 0.1) is 17.7 Å². The van der Waals surface area contributed by atoms with E-state index < -0.39 is 0 Å². The maximum absolute atomic E-state index is 12.8. The van der Waals surface area contributed by atoms with Gasteiger partial charge in [-0.3, -0.25) is 0 Å². The molecule has 0 bridgehead atoms. The average molecular weight is 271 g/mol. The van der Waals surface area contributed by atoms with Crippen LogP contribution in [-0.2, 0) is 0 Å². The Hall–Kier alpha value is -0.370. The summed E-state index contributed by atoms with van der Waals surface area (Å²) in [6.07, 6.45) is 3.94. The third-order valence-corrected chi connectivity index (χ3v) is 4.70. The molecule has 1 aromatic rings. The zero-order valence-electron chi connectivity index (χ0n) is 8.92. The summed E-state index contributed by atoms with van der Waals surface area (Å²) in [4.78, 5) is 0.385. The molecule has 3 atom stereocenters. The van der Waals surface area contributed by atoms with Crippen molar-refractivity contribution in [1.29, 1.82) is 0 Å². The SMILES string of the molecule is CC1CCCC1C(Br)c1ccc(F)cc1. The molecule has 1 aliphatic carbocycles. The van der Waals surface area contributed by atoms with Crippen LogP contribution in [0.4, 0.5) is 4.39 Å². The van der Waals surface area contributed by atoms with Gasteiger partial charge in [0.15, 0.2) is 0 Å². The number of alkyl halides is 1. The highest BCUT2D eigenvalue weighted by Gasteiger charge is 2.30. The third-order valence-electron chi connectivity index (χ3n) is 3.49. The summed E-state index contributed by atoms with van der Waals surface area (Å²) < 4.78 is 12.8. The van der Waals surface area contributed by atoms with E-state index in [2.05, 4.69) is 22.9 Å². The Balaban J connectivity index is 2.13. The summed E-state index contributed by atoms with van der Waals surface area (Å²) in [5.41, 5.74) is 1.20. The van der Waals surface area contributed by atoms with Gasteiger partial charge in [0.25, 0.3) is 0 Å². The lowest BCUT2D eigenvalue weighted by molar-refractivity contribution is 0.414. The number of hydrogen-bond acceptors (Lipinski definition) is 0. The van der Waals surface area contributed by atoms with Crippen molar-refractivity contribution >= 4 is 15.9 Å². The second kappa shape index (κ2) is 4.65. The molecule has 0 spiro atoms. The largest absolute Gasteiger partial charge is 0.207 e. The maximum Gasteiger partial charge on any atom is 0.123 e. The molecule has 2 heteroatoms. The minimum Gasteiger partial charge on any atom is -0.207 e. The summed E-state index contributed by atoms with van der Waals surface area (Å²) in [5, 5.41) is 0. The average Bonchev–Trinajstić information content (AvgIpc) is 2.65. The second-order valence-corrected chi connectivity index (χ2v) is 5.51. The lowest BCUT2D eigenvalue weighted by Crippen LogP contribution is -2.10. The van der Waals surface area contributed by atoms with Crippen molar-refractivity contribution in [3.63, 3.8) is 0 Å². The molecule has 0 aliphatic heterocycles. The highest BCUT2D eigenvalue weighted by Crippen LogP contribution is 2.44. The van der Waals surface area contributed by atoms with E-state index in [4.69, 9.17) is 0 Å². The molecule has 1 fully saturated rings. The van der Waals surface area contributed by atoms with Gasteiger partial charge in [-0.1, -0.05) is 47.8 Å². The van der Waals surface area contributed by atoms with Crippen molar-refractivity contribution in [1.82, 2.24) is 0 Å². The molecule has 15 heavy (non-hydrogen) atoms. The molecule has 0 saturated heterocycles. The van der Waals surface area contributed by atoms with E-state index in [1.807, 2.05) is 12.1 Å². The number of benzene rings is 1. The first kappa shape index (κ1) is 11.1. The highest BCUT2D eigenvalue weighted by molar-refractivity contribution is 9.09. The van der Waals surface area contributed by atoms with E-state index in [0.717, 1.165) is 5.92 Å². The smallest absolute Gasteiger partial charge is 0.123 e. The Morgan fingerprint density at radius 1 is 1.27 bits per heavy atom. The molecule has 2 rings (SSSR count). The van der Waals surface area contributed by atoms with Crippen LogP contribution in [0.5, 0.6) is 0 Å². The fourth-order valence-corrected chi connectivity index (χ4v) is 3.59. The minimum absolute atomic E-state index is 0.155. The summed E-state index contributed by atoms with van der Waals surface area (Å²) in [6, 6.07) is 6.87. The number of hydrogen-bond donors (Lipinski definition) is 0. The highest BCUT2D eigenvalue weighted by atomic mass is 79.9. The maximum atomic E-state index is 12.8. The minimum atomic E-state index is -0.155. The molecule has 82 valence electrons. The predicted octanol–water partition coefficient (Wildman–Crippen LogP) is 4.70. The number of rotatable bonds is 2. The fourth-order valence-electron chi connectivity index (χ4n) is 2.50. The second-order valence-electron chi connectivity index (χ2n) is 4.53. The van der Waals surface area contributed by atoms with Gasteiger partial charge in [-0.25, -0.2) is 4.39 Å². The normalized spacial score (nSPS) is 27.9. The van der Waals surface area contributed by atoms with Crippen LogP contribution < -0.4 is 0 Å². The van der Waals surface area contributed by atoms with Crippen molar-refractivity contribution in [2.24, 2.45) is 11.8 Å². The van der Waals surface area contributed by atoms with Crippen LogP contribution in [0.1, 0.15) is 36.6 Å². The molecule has 0 amide bonds. The van der Waals surface area contributed by atoms with Crippen LogP contribution in [0.3, 0.4) is 0 Å². The van der Waals surface area contributed by atoms with E-state index in [9.17, 15) is 4.39 Å². The lowest BCUT2D eigenvalue weighted by atomic mass is 9.91. The van der Waals surface area contributed by atoms with Crippen LogP contribution >= 0.6 is 15.9 Å². The Morgan fingerprint density at radius 3 is 2.47 bits per heavy atom. The van der Waals surface area contributed by atoms with Gasteiger partial charge >= 0.3 is 0 Å². The van der Waals surface area contributed by atoms with Crippen molar-refractivity contribution < 1.29 is 4.39 Å². The molecule has 0 nitrogen and oxygen atoms in total. The molecule has 0 aromatic heterocycles. The lowest BCUT2D eigenvalue weighted by Gasteiger charge is -2.22. The summed E-state index contributed by atoms with van der Waals surface area (Å²) in [5.74, 6) is 1.33. The number of halogens is 2. The first-order chi connectivity index (χ1) is 7.18. The van der Waals surface area contributed by atoms with Gasteiger partial charge in [-0.15, -0.1) is 0 Å². The van der Waals surface area contributed by atoms with Gasteiger partial charge in [0.2, 0.25) is 0 Å². The summed E-state index contributed by atoms with van der Waals surface area (Å²) >= 11 is 3.76. The van der Waals surface area contributed by atoms with Crippen LogP contribution in [0.15, 0.2) is 24.3 Å².